The molecule has 0 unspecified atom stereocenters. The van der Waals surface area contributed by atoms with Crippen LogP contribution in [0.1, 0.15) is 17.5 Å². The first-order chi connectivity index (χ1) is 10.3. The highest BCUT2D eigenvalue weighted by Crippen LogP contribution is 2.08. The Bertz CT molecular complexity index is 617. The van der Waals surface area contributed by atoms with E-state index < -0.39 is 0 Å². The Hall–Kier alpha value is -2.71. The van der Waals surface area contributed by atoms with E-state index in [2.05, 4.69) is 15.6 Å². The quantitative estimate of drug-likeness (QED) is 0.794. The van der Waals surface area contributed by atoms with Crippen molar-refractivity contribution in [1.29, 1.82) is 5.26 Å². The number of hydrogen-bond donors (Lipinski definition) is 2. The molecule has 0 fully saturated rings. The van der Waals surface area contributed by atoms with Crippen LogP contribution in [0.25, 0.3) is 0 Å². The second kappa shape index (κ2) is 7.78. The maximum Gasteiger partial charge on any atom is 0.225 e. The third-order valence-corrected chi connectivity index (χ3v) is 2.91. The molecular weight excluding hydrogens is 264 g/mol. The fraction of sp³-hybridized carbons (Fsp3) is 0.188. The lowest BCUT2D eigenvalue weighted by Crippen LogP contribution is -2.21. The first-order valence-corrected chi connectivity index (χ1v) is 6.67. The van der Waals surface area contributed by atoms with Crippen molar-refractivity contribution in [1.82, 2.24) is 10.3 Å². The Labute approximate surface area is 123 Å². The molecule has 2 rings (SSSR count). The summed E-state index contributed by atoms with van der Waals surface area (Å²) in [7, 11) is 0. The van der Waals surface area contributed by atoms with Crippen LogP contribution in [0.2, 0.25) is 0 Å². The summed E-state index contributed by atoms with van der Waals surface area (Å²) in [5, 5.41) is 14.7. The van der Waals surface area contributed by atoms with E-state index in [0.717, 1.165) is 5.56 Å². The SMILES string of the molecule is N#Cc1ccc(NC(=O)CCNCc2ccncc2)cc1. The highest BCUT2D eigenvalue weighted by atomic mass is 16.1. The van der Waals surface area contributed by atoms with Crippen molar-refractivity contribution in [3.05, 3.63) is 59.9 Å². The number of nitriles is 1. The third-order valence-electron chi connectivity index (χ3n) is 2.91. The highest BCUT2D eigenvalue weighted by molar-refractivity contribution is 5.90. The number of rotatable bonds is 6. The number of benzene rings is 1. The van der Waals surface area contributed by atoms with Crippen molar-refractivity contribution < 1.29 is 4.79 Å². The summed E-state index contributed by atoms with van der Waals surface area (Å²) in [6.07, 6.45) is 3.88. The van der Waals surface area contributed by atoms with Gasteiger partial charge in [0.1, 0.15) is 0 Å². The first kappa shape index (κ1) is 14.7. The number of nitrogens with one attached hydrogen (secondary N) is 2. The van der Waals surface area contributed by atoms with E-state index >= 15 is 0 Å². The first-order valence-electron chi connectivity index (χ1n) is 6.67. The van der Waals surface area contributed by atoms with E-state index in [1.165, 1.54) is 0 Å². The van der Waals surface area contributed by atoms with Crippen LogP contribution in [0.15, 0.2) is 48.8 Å². The molecule has 1 heterocycles. The van der Waals surface area contributed by atoms with E-state index in [4.69, 9.17) is 5.26 Å². The second-order valence-corrected chi connectivity index (χ2v) is 4.52. The standard InChI is InChI=1S/C16H16N4O/c17-11-13-1-3-15(4-2-13)20-16(21)7-10-19-12-14-5-8-18-9-6-14/h1-6,8-9,19H,7,10,12H2,(H,20,21). The number of carbonyl (C=O) groups excluding carboxylic acids is 1. The molecule has 5 heteroatoms. The van der Waals surface area contributed by atoms with E-state index in [-0.39, 0.29) is 5.91 Å². The normalized spacial score (nSPS) is 9.86. The molecular formula is C16H16N4O. The van der Waals surface area contributed by atoms with Crippen molar-refractivity contribution in [3.63, 3.8) is 0 Å². The van der Waals surface area contributed by atoms with Gasteiger partial charge in [-0.1, -0.05) is 0 Å². The van der Waals surface area contributed by atoms with Gasteiger partial charge < -0.3 is 10.6 Å². The zero-order valence-electron chi connectivity index (χ0n) is 11.5. The van der Waals surface area contributed by atoms with Crippen LogP contribution in [0, 0.1) is 11.3 Å². The average Bonchev–Trinajstić information content (AvgIpc) is 2.53. The molecule has 0 saturated carbocycles. The largest absolute Gasteiger partial charge is 0.326 e. The minimum atomic E-state index is -0.0538. The predicted octanol–water partition coefficient (Wildman–Crippen LogP) is 2.07. The predicted molar refractivity (Wildman–Crippen MR) is 80.3 cm³/mol. The highest BCUT2D eigenvalue weighted by Gasteiger charge is 2.02. The Morgan fingerprint density at radius 2 is 1.86 bits per heavy atom. The van der Waals surface area contributed by atoms with Crippen LogP contribution in [0.5, 0.6) is 0 Å². The molecule has 2 aromatic rings. The molecule has 0 aliphatic heterocycles. The zero-order chi connectivity index (χ0) is 14.9. The molecule has 0 spiro atoms. The van der Waals surface area contributed by atoms with Gasteiger partial charge in [0.2, 0.25) is 5.91 Å². The van der Waals surface area contributed by atoms with Crippen molar-refractivity contribution >= 4 is 11.6 Å². The monoisotopic (exact) mass is 280 g/mol. The van der Waals surface area contributed by atoms with Gasteiger partial charge in [-0.15, -0.1) is 0 Å². The molecule has 106 valence electrons. The van der Waals surface area contributed by atoms with Crippen LogP contribution >= 0.6 is 0 Å². The molecule has 0 bridgehead atoms. The molecule has 0 atom stereocenters. The zero-order valence-corrected chi connectivity index (χ0v) is 11.5. The Morgan fingerprint density at radius 3 is 2.52 bits per heavy atom. The summed E-state index contributed by atoms with van der Waals surface area (Å²) < 4.78 is 0. The molecule has 0 aliphatic carbocycles. The van der Waals surface area contributed by atoms with Gasteiger partial charge >= 0.3 is 0 Å². The van der Waals surface area contributed by atoms with Crippen molar-refractivity contribution in [2.45, 2.75) is 13.0 Å². The van der Waals surface area contributed by atoms with Crippen LogP contribution in [0.4, 0.5) is 5.69 Å². The minimum absolute atomic E-state index is 0.0538. The molecule has 1 aromatic heterocycles. The van der Waals surface area contributed by atoms with Gasteiger partial charge in [0.05, 0.1) is 11.6 Å². The van der Waals surface area contributed by atoms with Gasteiger partial charge in [0.25, 0.3) is 0 Å². The maximum atomic E-state index is 11.8. The van der Waals surface area contributed by atoms with E-state index in [1.54, 1.807) is 36.7 Å². The summed E-state index contributed by atoms with van der Waals surface area (Å²) in [6.45, 7) is 1.32. The third kappa shape index (κ3) is 5.05. The Balaban J connectivity index is 1.69. The summed E-state index contributed by atoms with van der Waals surface area (Å²) in [4.78, 5) is 15.7. The molecule has 5 nitrogen and oxygen atoms in total. The van der Waals surface area contributed by atoms with Crippen molar-refractivity contribution in [2.24, 2.45) is 0 Å². The Kier molecular flexibility index (Phi) is 5.44. The lowest BCUT2D eigenvalue weighted by Gasteiger charge is -2.06. The molecule has 21 heavy (non-hydrogen) atoms. The van der Waals surface area contributed by atoms with E-state index in [9.17, 15) is 4.79 Å². The maximum absolute atomic E-state index is 11.8. The molecule has 0 saturated heterocycles. The van der Waals surface area contributed by atoms with Gasteiger partial charge in [0.15, 0.2) is 0 Å². The number of nitrogens with zero attached hydrogens (tertiary/aromatic N) is 2. The lowest BCUT2D eigenvalue weighted by molar-refractivity contribution is -0.116. The van der Waals surface area contributed by atoms with Gasteiger partial charge in [-0.05, 0) is 42.0 Å². The van der Waals surface area contributed by atoms with Gasteiger partial charge in [-0.3, -0.25) is 9.78 Å². The number of pyridine rings is 1. The minimum Gasteiger partial charge on any atom is -0.326 e. The number of amides is 1. The van der Waals surface area contributed by atoms with Gasteiger partial charge in [-0.2, -0.15) is 5.26 Å². The summed E-state index contributed by atoms with van der Waals surface area (Å²) in [6, 6.07) is 12.7. The number of anilines is 1. The Morgan fingerprint density at radius 1 is 1.14 bits per heavy atom. The average molecular weight is 280 g/mol. The lowest BCUT2D eigenvalue weighted by atomic mass is 10.2. The van der Waals surface area contributed by atoms with E-state index in [1.807, 2.05) is 18.2 Å². The molecule has 1 aromatic carbocycles. The molecule has 1 amide bonds. The molecule has 2 N–H and O–H groups in total. The summed E-state index contributed by atoms with van der Waals surface area (Å²) in [5.74, 6) is -0.0538. The second-order valence-electron chi connectivity index (χ2n) is 4.52. The smallest absolute Gasteiger partial charge is 0.225 e. The van der Waals surface area contributed by atoms with Crippen molar-refractivity contribution in [2.75, 3.05) is 11.9 Å². The van der Waals surface area contributed by atoms with Crippen LogP contribution < -0.4 is 10.6 Å². The van der Waals surface area contributed by atoms with E-state index in [0.29, 0.717) is 30.8 Å². The molecule has 0 aliphatic rings. The number of carbonyl (C=O) groups is 1. The van der Waals surface area contributed by atoms with Crippen LogP contribution in [-0.4, -0.2) is 17.4 Å². The van der Waals surface area contributed by atoms with Crippen LogP contribution in [0.3, 0.4) is 0 Å². The summed E-state index contributed by atoms with van der Waals surface area (Å²) >= 11 is 0. The van der Waals surface area contributed by atoms with Crippen LogP contribution in [-0.2, 0) is 11.3 Å². The fourth-order valence-electron chi connectivity index (χ4n) is 1.79. The topological polar surface area (TPSA) is 77.8 Å². The fourth-order valence-corrected chi connectivity index (χ4v) is 1.79. The molecule has 0 radical (unpaired) electrons. The summed E-state index contributed by atoms with van der Waals surface area (Å²) in [5.41, 5.74) is 2.41. The van der Waals surface area contributed by atoms with Gasteiger partial charge in [-0.25, -0.2) is 0 Å². The number of hydrogen-bond acceptors (Lipinski definition) is 4. The number of aromatic nitrogens is 1. The van der Waals surface area contributed by atoms with Crippen molar-refractivity contribution in [3.8, 4) is 6.07 Å². The van der Waals surface area contributed by atoms with Gasteiger partial charge in [0, 0.05) is 37.6 Å².